The van der Waals surface area contributed by atoms with Crippen LogP contribution in [0, 0.1) is 0 Å². The lowest BCUT2D eigenvalue weighted by Gasteiger charge is -2.11. The van der Waals surface area contributed by atoms with Crippen LogP contribution in [0.3, 0.4) is 0 Å². The SMILES string of the molecule is c1ccc(-c2ccc(-n3c4ccccc4c4c5sc6c(c7ccccc7c7c6c6ccccc6n7-c6ccccc6)c5ccc43)cc2)cc1. The van der Waals surface area contributed by atoms with Crippen molar-refractivity contribution >= 4 is 85.9 Å². The molecular weight excluding hydrogens is 613 g/mol. The molecule has 0 saturated carbocycles. The van der Waals surface area contributed by atoms with Gasteiger partial charge < -0.3 is 9.13 Å². The summed E-state index contributed by atoms with van der Waals surface area (Å²) in [6.45, 7) is 0. The van der Waals surface area contributed by atoms with Gasteiger partial charge in [-0.15, -0.1) is 11.3 Å². The summed E-state index contributed by atoms with van der Waals surface area (Å²) >= 11 is 1.96. The molecule has 8 aromatic carbocycles. The number of nitrogens with zero attached hydrogens (tertiary/aromatic N) is 2. The van der Waals surface area contributed by atoms with E-state index in [2.05, 4.69) is 179 Å². The van der Waals surface area contributed by atoms with Gasteiger partial charge in [-0.05, 0) is 59.0 Å². The summed E-state index contributed by atoms with van der Waals surface area (Å²) in [5, 5.41) is 10.5. The molecule has 3 heteroatoms. The summed E-state index contributed by atoms with van der Waals surface area (Å²) in [6, 6.07) is 62.0. The quantitative estimate of drug-likeness (QED) is 0.182. The van der Waals surface area contributed by atoms with Gasteiger partial charge in [0.2, 0.25) is 0 Å². The second-order valence-electron chi connectivity index (χ2n) is 12.9. The van der Waals surface area contributed by atoms with E-state index in [4.69, 9.17) is 0 Å². The first kappa shape index (κ1) is 26.9. The van der Waals surface area contributed by atoms with Crippen molar-refractivity contribution in [1.82, 2.24) is 9.13 Å². The molecule has 3 aromatic heterocycles. The van der Waals surface area contributed by atoms with Crippen molar-refractivity contribution in [2.45, 2.75) is 0 Å². The van der Waals surface area contributed by atoms with Crippen molar-refractivity contribution in [1.29, 1.82) is 0 Å². The summed E-state index contributed by atoms with van der Waals surface area (Å²) in [5.41, 5.74) is 9.79. The lowest BCUT2D eigenvalue weighted by molar-refractivity contribution is 1.18. The molecule has 0 amide bonds. The Labute approximate surface area is 286 Å². The van der Waals surface area contributed by atoms with Crippen LogP contribution in [0.1, 0.15) is 0 Å². The van der Waals surface area contributed by atoms with Crippen LogP contribution in [0.5, 0.6) is 0 Å². The van der Waals surface area contributed by atoms with Gasteiger partial charge in [0.25, 0.3) is 0 Å². The number of benzene rings is 8. The lowest BCUT2D eigenvalue weighted by Crippen LogP contribution is -1.94. The van der Waals surface area contributed by atoms with Crippen LogP contribution >= 0.6 is 11.3 Å². The molecule has 0 saturated heterocycles. The van der Waals surface area contributed by atoms with E-state index in [9.17, 15) is 0 Å². The second kappa shape index (κ2) is 10.2. The first-order valence-electron chi connectivity index (χ1n) is 16.8. The highest BCUT2D eigenvalue weighted by molar-refractivity contribution is 7.28. The van der Waals surface area contributed by atoms with Gasteiger partial charge in [-0.2, -0.15) is 0 Å². The van der Waals surface area contributed by atoms with E-state index in [-0.39, 0.29) is 0 Å². The predicted octanol–water partition coefficient (Wildman–Crippen LogP) is 13.1. The molecule has 11 aromatic rings. The number of fused-ring (bicyclic) bond motifs is 14. The van der Waals surface area contributed by atoms with Crippen LogP contribution in [0.25, 0.3) is 97.1 Å². The molecule has 0 spiro atoms. The molecule has 0 atom stereocenters. The number of hydrogen-bond donors (Lipinski definition) is 0. The molecule has 0 radical (unpaired) electrons. The Kier molecular flexibility index (Phi) is 5.57. The first-order chi connectivity index (χ1) is 24.3. The van der Waals surface area contributed by atoms with Gasteiger partial charge in [0, 0.05) is 58.5 Å². The zero-order valence-electron chi connectivity index (χ0n) is 26.5. The van der Waals surface area contributed by atoms with Crippen LogP contribution in [0.15, 0.2) is 170 Å². The zero-order chi connectivity index (χ0) is 32.1. The molecule has 0 N–H and O–H groups in total. The van der Waals surface area contributed by atoms with Crippen molar-refractivity contribution in [3.8, 4) is 22.5 Å². The van der Waals surface area contributed by atoms with Crippen LogP contribution in [-0.4, -0.2) is 9.13 Å². The Hall–Kier alpha value is -6.16. The Bertz CT molecular complexity index is 3070. The smallest absolute Gasteiger partial charge is 0.0634 e. The molecule has 0 bridgehead atoms. The van der Waals surface area contributed by atoms with Gasteiger partial charge in [-0.25, -0.2) is 0 Å². The summed E-state index contributed by atoms with van der Waals surface area (Å²) in [4.78, 5) is 0. The third-order valence-electron chi connectivity index (χ3n) is 10.3. The maximum atomic E-state index is 2.47. The Balaban J connectivity index is 1.28. The average Bonchev–Trinajstić information content (AvgIpc) is 3.84. The normalized spacial score (nSPS) is 12.1. The largest absolute Gasteiger partial charge is 0.309 e. The monoisotopic (exact) mass is 640 g/mol. The Morgan fingerprint density at radius 3 is 1.59 bits per heavy atom. The number of rotatable bonds is 3. The average molecular weight is 641 g/mol. The molecule has 11 rings (SSSR count). The summed E-state index contributed by atoms with van der Waals surface area (Å²) in [7, 11) is 0. The van der Waals surface area contributed by atoms with Gasteiger partial charge in [0.1, 0.15) is 0 Å². The third kappa shape index (κ3) is 3.71. The van der Waals surface area contributed by atoms with E-state index in [1.165, 1.54) is 97.1 Å². The minimum atomic E-state index is 1.17. The van der Waals surface area contributed by atoms with E-state index in [0.717, 1.165) is 0 Å². The fraction of sp³-hybridized carbons (Fsp3) is 0. The Morgan fingerprint density at radius 2 is 0.857 bits per heavy atom. The lowest BCUT2D eigenvalue weighted by atomic mass is 9.99. The fourth-order valence-corrected chi connectivity index (χ4v) is 9.67. The third-order valence-corrected chi connectivity index (χ3v) is 11.5. The number of thiophene rings is 1. The van der Waals surface area contributed by atoms with Crippen LogP contribution < -0.4 is 0 Å². The fourth-order valence-electron chi connectivity index (χ4n) is 8.24. The van der Waals surface area contributed by atoms with Crippen LogP contribution in [0.4, 0.5) is 0 Å². The van der Waals surface area contributed by atoms with E-state index in [1.54, 1.807) is 0 Å². The molecule has 0 fully saturated rings. The van der Waals surface area contributed by atoms with E-state index in [0.29, 0.717) is 0 Å². The molecule has 0 aliphatic carbocycles. The number of aromatic nitrogens is 2. The minimum Gasteiger partial charge on any atom is -0.309 e. The standard InChI is InChI=1S/C46H28N2S/c1-3-13-29(14-4-1)30-23-25-32(26-24-30)47-38-21-11-9-19-35(38)42-40(47)28-27-37-41-33-17-7-8-18-34(33)44-43(46(41)49-45(37)42)36-20-10-12-22-39(36)48(44)31-15-5-2-6-16-31/h1-28H. The van der Waals surface area contributed by atoms with E-state index < -0.39 is 0 Å². The van der Waals surface area contributed by atoms with Gasteiger partial charge in [0.15, 0.2) is 0 Å². The maximum Gasteiger partial charge on any atom is 0.0634 e. The molecule has 228 valence electrons. The van der Waals surface area contributed by atoms with Gasteiger partial charge in [-0.3, -0.25) is 0 Å². The Morgan fingerprint density at radius 1 is 0.306 bits per heavy atom. The van der Waals surface area contributed by atoms with Crippen molar-refractivity contribution in [3.05, 3.63) is 170 Å². The molecule has 0 unspecified atom stereocenters. The van der Waals surface area contributed by atoms with Crippen molar-refractivity contribution in [2.75, 3.05) is 0 Å². The molecule has 0 aliphatic rings. The van der Waals surface area contributed by atoms with Gasteiger partial charge in [0.05, 0.1) is 22.1 Å². The summed E-state index contributed by atoms with van der Waals surface area (Å²) < 4.78 is 7.61. The molecule has 3 heterocycles. The zero-order valence-corrected chi connectivity index (χ0v) is 27.3. The highest BCUT2D eigenvalue weighted by Crippen LogP contribution is 2.50. The topological polar surface area (TPSA) is 9.86 Å². The van der Waals surface area contributed by atoms with Crippen molar-refractivity contribution < 1.29 is 0 Å². The van der Waals surface area contributed by atoms with Gasteiger partial charge in [-0.1, -0.05) is 127 Å². The van der Waals surface area contributed by atoms with E-state index >= 15 is 0 Å². The molecule has 0 aliphatic heterocycles. The highest BCUT2D eigenvalue weighted by atomic mass is 32.1. The second-order valence-corrected chi connectivity index (χ2v) is 13.9. The minimum absolute atomic E-state index is 1.17. The van der Waals surface area contributed by atoms with E-state index in [1.807, 2.05) is 11.3 Å². The van der Waals surface area contributed by atoms with Crippen LogP contribution in [-0.2, 0) is 0 Å². The summed E-state index contributed by atoms with van der Waals surface area (Å²) in [6.07, 6.45) is 0. The highest BCUT2D eigenvalue weighted by Gasteiger charge is 2.23. The predicted molar refractivity (Wildman–Crippen MR) is 211 cm³/mol. The number of hydrogen-bond acceptors (Lipinski definition) is 1. The molecular formula is C46H28N2S. The van der Waals surface area contributed by atoms with Crippen molar-refractivity contribution in [2.24, 2.45) is 0 Å². The number of para-hydroxylation sites is 3. The van der Waals surface area contributed by atoms with Crippen LogP contribution in [0.2, 0.25) is 0 Å². The van der Waals surface area contributed by atoms with Gasteiger partial charge >= 0.3 is 0 Å². The molecule has 2 nitrogen and oxygen atoms in total. The first-order valence-corrected chi connectivity index (χ1v) is 17.6. The summed E-state index contributed by atoms with van der Waals surface area (Å²) in [5.74, 6) is 0. The van der Waals surface area contributed by atoms with Crippen molar-refractivity contribution in [3.63, 3.8) is 0 Å². The molecule has 49 heavy (non-hydrogen) atoms. The maximum absolute atomic E-state index is 2.47.